The molecule has 0 saturated carbocycles. The minimum absolute atomic E-state index is 0.0527. The first-order valence-electron chi connectivity index (χ1n) is 9.54. The molecule has 148 valence electrons. The molecule has 28 heavy (non-hydrogen) atoms. The molecule has 2 aromatic heterocycles. The first-order chi connectivity index (χ1) is 13.5. The van der Waals surface area contributed by atoms with Gasteiger partial charge in [-0.1, -0.05) is 26.0 Å². The molecule has 1 aromatic carbocycles. The second-order valence-electron chi connectivity index (χ2n) is 6.71. The highest BCUT2D eigenvalue weighted by Crippen LogP contribution is 2.20. The van der Waals surface area contributed by atoms with Gasteiger partial charge in [0.25, 0.3) is 5.56 Å². The summed E-state index contributed by atoms with van der Waals surface area (Å²) >= 11 is 0. The van der Waals surface area contributed by atoms with Crippen LogP contribution in [0.1, 0.15) is 31.2 Å². The van der Waals surface area contributed by atoms with E-state index in [9.17, 15) is 9.59 Å². The Bertz CT molecular complexity index is 991. The fraction of sp³-hybridized carbons (Fsp3) is 0.381. The number of para-hydroxylation sites is 1. The molecule has 1 amide bonds. The van der Waals surface area contributed by atoms with E-state index in [1.807, 2.05) is 31.2 Å². The molecule has 0 spiro atoms. The lowest BCUT2D eigenvalue weighted by atomic mass is 10.1. The second-order valence-corrected chi connectivity index (χ2v) is 6.71. The Labute approximate surface area is 164 Å². The fourth-order valence-corrected chi connectivity index (χ4v) is 3.43. The number of nitrogens with zero attached hydrogens (tertiary/aromatic N) is 3. The first-order valence-corrected chi connectivity index (χ1v) is 9.54. The van der Waals surface area contributed by atoms with E-state index in [1.54, 1.807) is 12.3 Å². The lowest BCUT2D eigenvalue weighted by molar-refractivity contribution is -0.122. The van der Waals surface area contributed by atoms with E-state index in [-0.39, 0.29) is 24.1 Å². The van der Waals surface area contributed by atoms with Crippen LogP contribution in [0.2, 0.25) is 0 Å². The standard InChI is InChI=1S/C21H26N4O3/c1-4-24(5-2)17(18-10-7-11-28-18)12-22-19(26)13-25-14-23-20-15(3)8-6-9-16(20)21(25)27/h6-11,14,17H,4-5,12-13H2,1-3H3,(H,22,26). The predicted octanol–water partition coefficient (Wildman–Crippen LogP) is 2.50. The van der Waals surface area contributed by atoms with Crippen molar-refractivity contribution < 1.29 is 9.21 Å². The van der Waals surface area contributed by atoms with E-state index >= 15 is 0 Å². The summed E-state index contributed by atoms with van der Waals surface area (Å²) in [5, 5.41) is 3.45. The van der Waals surface area contributed by atoms with E-state index < -0.39 is 0 Å². The molecule has 2 heterocycles. The van der Waals surface area contributed by atoms with Crippen molar-refractivity contribution in [2.45, 2.75) is 33.4 Å². The highest BCUT2D eigenvalue weighted by atomic mass is 16.3. The minimum atomic E-state index is -0.236. The molecule has 3 aromatic rings. The number of hydrogen-bond acceptors (Lipinski definition) is 5. The highest BCUT2D eigenvalue weighted by Gasteiger charge is 2.21. The Kier molecular flexibility index (Phi) is 6.26. The zero-order valence-corrected chi connectivity index (χ0v) is 16.5. The number of carbonyl (C=O) groups excluding carboxylic acids is 1. The highest BCUT2D eigenvalue weighted by molar-refractivity contribution is 5.81. The van der Waals surface area contributed by atoms with E-state index in [0.717, 1.165) is 24.4 Å². The van der Waals surface area contributed by atoms with Crippen LogP contribution in [0, 0.1) is 6.92 Å². The van der Waals surface area contributed by atoms with Crippen LogP contribution >= 0.6 is 0 Å². The summed E-state index contributed by atoms with van der Waals surface area (Å²) < 4.78 is 6.89. The average molecular weight is 382 g/mol. The Morgan fingerprint density at radius 3 is 2.71 bits per heavy atom. The van der Waals surface area contributed by atoms with Gasteiger partial charge < -0.3 is 9.73 Å². The molecule has 0 radical (unpaired) electrons. The molecule has 0 bridgehead atoms. The van der Waals surface area contributed by atoms with Crippen LogP contribution in [0.15, 0.2) is 52.1 Å². The Morgan fingerprint density at radius 1 is 1.25 bits per heavy atom. The second kappa shape index (κ2) is 8.84. The van der Waals surface area contributed by atoms with Gasteiger partial charge in [-0.25, -0.2) is 4.98 Å². The summed E-state index contributed by atoms with van der Waals surface area (Å²) in [6, 6.07) is 9.17. The number of furan rings is 1. The lowest BCUT2D eigenvalue weighted by Gasteiger charge is -2.28. The van der Waals surface area contributed by atoms with Crippen LogP contribution in [0.25, 0.3) is 10.9 Å². The van der Waals surface area contributed by atoms with E-state index in [1.165, 1.54) is 10.9 Å². The molecule has 0 fully saturated rings. The van der Waals surface area contributed by atoms with Crippen molar-refractivity contribution in [2.75, 3.05) is 19.6 Å². The number of rotatable bonds is 8. The van der Waals surface area contributed by atoms with Crippen LogP contribution in [-0.4, -0.2) is 40.0 Å². The Morgan fingerprint density at radius 2 is 2.04 bits per heavy atom. The molecule has 3 rings (SSSR count). The van der Waals surface area contributed by atoms with Gasteiger partial charge in [-0.3, -0.25) is 19.1 Å². The lowest BCUT2D eigenvalue weighted by Crippen LogP contribution is -2.40. The number of carbonyl (C=O) groups is 1. The van der Waals surface area contributed by atoms with Gasteiger partial charge in [0.05, 0.1) is 29.5 Å². The Hall–Kier alpha value is -2.93. The van der Waals surface area contributed by atoms with Crippen LogP contribution in [0.5, 0.6) is 0 Å². The molecule has 0 saturated heterocycles. The van der Waals surface area contributed by atoms with Gasteiger partial charge in [0.1, 0.15) is 12.3 Å². The van der Waals surface area contributed by atoms with Crippen LogP contribution in [-0.2, 0) is 11.3 Å². The van der Waals surface area contributed by atoms with E-state index in [0.29, 0.717) is 17.4 Å². The molecule has 0 aliphatic rings. The number of benzene rings is 1. The third-order valence-electron chi connectivity index (χ3n) is 4.99. The molecule has 7 heteroatoms. The number of amides is 1. The number of fused-ring (bicyclic) bond motifs is 1. The summed E-state index contributed by atoms with van der Waals surface area (Å²) in [7, 11) is 0. The van der Waals surface area contributed by atoms with Crippen molar-refractivity contribution in [1.82, 2.24) is 19.8 Å². The normalized spacial score (nSPS) is 12.4. The van der Waals surface area contributed by atoms with Gasteiger partial charge in [0.2, 0.25) is 5.91 Å². The molecule has 0 aliphatic carbocycles. The number of aryl methyl sites for hydroxylation is 1. The zero-order chi connectivity index (χ0) is 20.1. The van der Waals surface area contributed by atoms with Gasteiger partial charge in [0.15, 0.2) is 0 Å². The average Bonchev–Trinajstić information content (AvgIpc) is 3.22. The number of nitrogens with one attached hydrogen (secondary N) is 1. The topological polar surface area (TPSA) is 80.4 Å². The molecular formula is C21H26N4O3. The summed E-state index contributed by atoms with van der Waals surface area (Å²) in [5.74, 6) is 0.573. The predicted molar refractivity (Wildman–Crippen MR) is 108 cm³/mol. The van der Waals surface area contributed by atoms with Crippen molar-refractivity contribution in [3.63, 3.8) is 0 Å². The smallest absolute Gasteiger partial charge is 0.261 e. The largest absolute Gasteiger partial charge is 0.468 e. The first kappa shape index (κ1) is 19.8. The molecule has 1 unspecified atom stereocenters. The summed E-state index contributed by atoms with van der Waals surface area (Å²) in [5.41, 5.74) is 1.39. The third kappa shape index (κ3) is 4.14. The van der Waals surface area contributed by atoms with Gasteiger partial charge in [-0.05, 0) is 43.8 Å². The van der Waals surface area contributed by atoms with Crippen LogP contribution in [0.3, 0.4) is 0 Å². The number of likely N-dealkylation sites (N-methyl/N-ethyl adjacent to an activating group) is 1. The number of hydrogen-bond donors (Lipinski definition) is 1. The maximum atomic E-state index is 12.7. The van der Waals surface area contributed by atoms with Gasteiger partial charge in [-0.2, -0.15) is 0 Å². The fourth-order valence-electron chi connectivity index (χ4n) is 3.43. The monoisotopic (exact) mass is 382 g/mol. The van der Waals surface area contributed by atoms with Crippen molar-refractivity contribution in [3.05, 3.63) is 64.6 Å². The Balaban J connectivity index is 1.72. The van der Waals surface area contributed by atoms with Crippen molar-refractivity contribution in [1.29, 1.82) is 0 Å². The molecule has 1 atom stereocenters. The summed E-state index contributed by atoms with van der Waals surface area (Å²) in [4.78, 5) is 31.7. The maximum absolute atomic E-state index is 12.7. The van der Waals surface area contributed by atoms with Gasteiger partial charge in [-0.15, -0.1) is 0 Å². The molecule has 1 N–H and O–H groups in total. The quantitative estimate of drug-likeness (QED) is 0.647. The summed E-state index contributed by atoms with van der Waals surface area (Å²) in [6.07, 6.45) is 3.07. The van der Waals surface area contributed by atoms with E-state index in [4.69, 9.17) is 4.42 Å². The van der Waals surface area contributed by atoms with Crippen LogP contribution < -0.4 is 10.9 Å². The molecule has 0 aliphatic heterocycles. The van der Waals surface area contributed by atoms with Crippen molar-refractivity contribution in [2.24, 2.45) is 0 Å². The summed E-state index contributed by atoms with van der Waals surface area (Å²) in [6.45, 7) is 8.07. The van der Waals surface area contributed by atoms with Gasteiger partial charge >= 0.3 is 0 Å². The SMILES string of the molecule is CCN(CC)C(CNC(=O)Cn1cnc2c(C)cccc2c1=O)c1ccco1. The van der Waals surface area contributed by atoms with E-state index in [2.05, 4.69) is 29.0 Å². The third-order valence-corrected chi connectivity index (χ3v) is 4.99. The molecule has 7 nitrogen and oxygen atoms in total. The zero-order valence-electron chi connectivity index (χ0n) is 16.5. The minimum Gasteiger partial charge on any atom is -0.468 e. The van der Waals surface area contributed by atoms with Crippen molar-refractivity contribution in [3.8, 4) is 0 Å². The maximum Gasteiger partial charge on any atom is 0.261 e. The molecular weight excluding hydrogens is 356 g/mol. The van der Waals surface area contributed by atoms with Gasteiger partial charge in [0, 0.05) is 6.54 Å². The van der Waals surface area contributed by atoms with Crippen LogP contribution in [0.4, 0.5) is 0 Å². The number of aromatic nitrogens is 2. The van der Waals surface area contributed by atoms with Crippen molar-refractivity contribution >= 4 is 16.8 Å².